The van der Waals surface area contributed by atoms with E-state index in [9.17, 15) is 28.8 Å². The number of carboxylic acids is 1. The molecule has 0 aliphatic rings. The lowest BCUT2D eigenvalue weighted by Gasteiger charge is -2.21. The molecule has 0 heterocycles. The molecule has 2 atom stereocenters. The van der Waals surface area contributed by atoms with Crippen LogP contribution in [0.25, 0.3) is 0 Å². The second-order valence-corrected chi connectivity index (χ2v) is 11.9. The van der Waals surface area contributed by atoms with Crippen molar-refractivity contribution < 1.29 is 48.1 Å². The summed E-state index contributed by atoms with van der Waals surface area (Å²) in [5, 5.41) is 13.5. The van der Waals surface area contributed by atoms with Crippen LogP contribution >= 0.6 is 11.8 Å². The molecule has 0 aromatic carbocycles. The topological polar surface area (TPSA) is 174 Å². The van der Waals surface area contributed by atoms with E-state index in [1.54, 1.807) is 0 Å². The Morgan fingerprint density at radius 3 is 1.77 bits per heavy atom. The van der Waals surface area contributed by atoms with Gasteiger partial charge < -0.3 is 30.0 Å². The molecule has 0 saturated heterocycles. The van der Waals surface area contributed by atoms with Crippen LogP contribution in [0.2, 0.25) is 0 Å². The van der Waals surface area contributed by atoms with Crippen molar-refractivity contribution in [2.24, 2.45) is 0 Å². The van der Waals surface area contributed by atoms with E-state index in [1.165, 1.54) is 82.9 Å². The average Bonchev–Trinajstić information content (AvgIpc) is 2.98. The van der Waals surface area contributed by atoms with Crippen molar-refractivity contribution in [3.63, 3.8) is 0 Å². The molecular weight excluding hydrogens is 592 g/mol. The summed E-state index contributed by atoms with van der Waals surface area (Å²) in [6.45, 7) is 3.07. The lowest BCUT2D eigenvalue weighted by atomic mass is 10.0. The van der Waals surface area contributed by atoms with E-state index in [4.69, 9.17) is 14.6 Å². The maximum absolute atomic E-state index is 12.8. The highest BCUT2D eigenvalue weighted by molar-refractivity contribution is 7.99. The molecule has 0 spiro atoms. The van der Waals surface area contributed by atoms with Crippen molar-refractivity contribution in [2.75, 3.05) is 31.8 Å². The molecular formula is C31H54N2O10S. The van der Waals surface area contributed by atoms with Gasteiger partial charge in [0.05, 0.1) is 20.0 Å². The molecule has 0 aromatic heterocycles. The summed E-state index contributed by atoms with van der Waals surface area (Å²) in [5.41, 5.74) is 0. The fourth-order valence-corrected chi connectivity index (χ4v) is 5.08. The molecule has 12 nitrogen and oxygen atoms in total. The zero-order valence-corrected chi connectivity index (χ0v) is 27.6. The quantitative estimate of drug-likeness (QED) is 0.0627. The van der Waals surface area contributed by atoms with Crippen molar-refractivity contribution >= 4 is 47.5 Å². The summed E-state index contributed by atoms with van der Waals surface area (Å²) in [4.78, 5) is 70.8. The summed E-state index contributed by atoms with van der Waals surface area (Å²) >= 11 is 1.28. The van der Waals surface area contributed by atoms with E-state index in [0.29, 0.717) is 12.2 Å². The molecule has 3 N–H and O–H groups in total. The molecule has 2 amide bonds. The van der Waals surface area contributed by atoms with Crippen LogP contribution in [0.3, 0.4) is 0 Å². The third kappa shape index (κ3) is 24.6. The van der Waals surface area contributed by atoms with Crippen LogP contribution in [-0.2, 0) is 43.0 Å². The number of carbonyl (C=O) groups is 6. The maximum atomic E-state index is 12.8. The molecule has 0 aliphatic carbocycles. The van der Waals surface area contributed by atoms with Gasteiger partial charge in [0.1, 0.15) is 19.3 Å². The van der Waals surface area contributed by atoms with Crippen molar-refractivity contribution in [1.82, 2.24) is 10.6 Å². The van der Waals surface area contributed by atoms with Crippen molar-refractivity contribution in [2.45, 2.75) is 129 Å². The Kier molecular flexibility index (Phi) is 25.9. The van der Waals surface area contributed by atoms with Crippen LogP contribution in [0.4, 0.5) is 0 Å². The van der Waals surface area contributed by atoms with Gasteiger partial charge in [-0.05, 0) is 6.42 Å². The largest absolute Gasteiger partial charge is 0.481 e. The second kappa shape index (κ2) is 27.7. The summed E-state index contributed by atoms with van der Waals surface area (Å²) in [7, 11) is 1.09. The minimum atomic E-state index is -1.35. The molecule has 0 bridgehead atoms. The second-order valence-electron chi connectivity index (χ2n) is 10.7. The molecule has 0 aliphatic heterocycles. The highest BCUT2D eigenvalue weighted by atomic mass is 32.2. The Hall–Kier alpha value is -2.83. The number of carboxylic acid groups (broad SMARTS) is 1. The van der Waals surface area contributed by atoms with E-state index in [1.807, 2.05) is 0 Å². The van der Waals surface area contributed by atoms with Crippen LogP contribution < -0.4 is 10.6 Å². The Labute approximate surface area is 266 Å². The van der Waals surface area contributed by atoms with E-state index in [-0.39, 0.29) is 18.3 Å². The number of methoxy groups -OCH3 is 1. The molecule has 0 rings (SSSR count). The lowest BCUT2D eigenvalue weighted by molar-refractivity contribution is -0.153. The number of ether oxygens (including phenoxy) is 3. The molecule has 44 heavy (non-hydrogen) atoms. The van der Waals surface area contributed by atoms with Gasteiger partial charge in [-0.1, -0.05) is 84.0 Å². The SMILES string of the molecule is CCCCCCCCCCCCCCCC(=O)OCCSC[C@H](NC(C)=O)C(=O)N[C@@H](COC(=O)CCC(=O)O)C(=O)OC. The Balaban J connectivity index is 4.23. The molecule has 0 unspecified atom stereocenters. The van der Waals surface area contributed by atoms with Crippen molar-refractivity contribution in [3.8, 4) is 0 Å². The molecule has 254 valence electrons. The number of rotatable bonds is 28. The minimum Gasteiger partial charge on any atom is -0.481 e. The molecule has 0 aromatic rings. The highest BCUT2D eigenvalue weighted by Crippen LogP contribution is 2.13. The summed E-state index contributed by atoms with van der Waals surface area (Å²) in [6, 6.07) is -2.37. The molecule has 0 fully saturated rings. The zero-order chi connectivity index (χ0) is 33.0. The van der Waals surface area contributed by atoms with Crippen LogP contribution in [0.1, 0.15) is 117 Å². The maximum Gasteiger partial charge on any atom is 0.331 e. The van der Waals surface area contributed by atoms with E-state index in [2.05, 4.69) is 22.3 Å². The van der Waals surface area contributed by atoms with Gasteiger partial charge in [0.15, 0.2) is 6.04 Å². The van der Waals surface area contributed by atoms with Gasteiger partial charge in [0.25, 0.3) is 0 Å². The first-order valence-electron chi connectivity index (χ1n) is 15.9. The summed E-state index contributed by atoms with van der Waals surface area (Å²) < 4.78 is 14.8. The zero-order valence-electron chi connectivity index (χ0n) is 26.8. The number of hydrogen-bond acceptors (Lipinski definition) is 10. The molecule has 0 saturated carbocycles. The Morgan fingerprint density at radius 1 is 0.705 bits per heavy atom. The summed E-state index contributed by atoms with van der Waals surface area (Å²) in [5.74, 6) is -3.82. The third-order valence-electron chi connectivity index (χ3n) is 6.71. The van der Waals surface area contributed by atoms with Crippen LogP contribution in [0, 0.1) is 0 Å². The van der Waals surface area contributed by atoms with Crippen LogP contribution in [-0.4, -0.2) is 84.7 Å². The van der Waals surface area contributed by atoms with Gasteiger partial charge in [-0.2, -0.15) is 11.8 Å². The number of amides is 2. The van der Waals surface area contributed by atoms with E-state index in [0.717, 1.165) is 26.4 Å². The third-order valence-corrected chi connectivity index (χ3v) is 7.73. The number of aliphatic carboxylic acids is 1. The number of nitrogens with one attached hydrogen (secondary N) is 2. The van der Waals surface area contributed by atoms with Gasteiger partial charge >= 0.3 is 23.9 Å². The Bertz CT molecular complexity index is 855. The normalized spacial score (nSPS) is 12.1. The number of unbranched alkanes of at least 4 members (excludes halogenated alkanes) is 12. The monoisotopic (exact) mass is 646 g/mol. The molecule has 0 radical (unpaired) electrons. The predicted molar refractivity (Wildman–Crippen MR) is 168 cm³/mol. The first kappa shape index (κ1) is 41.2. The van der Waals surface area contributed by atoms with Gasteiger partial charge in [-0.3, -0.25) is 24.0 Å². The van der Waals surface area contributed by atoms with E-state index < -0.39 is 61.3 Å². The minimum absolute atomic E-state index is 0.133. The van der Waals surface area contributed by atoms with Crippen molar-refractivity contribution in [1.29, 1.82) is 0 Å². The number of carbonyl (C=O) groups excluding carboxylic acids is 5. The predicted octanol–water partition coefficient (Wildman–Crippen LogP) is 4.31. The number of esters is 3. The first-order chi connectivity index (χ1) is 21.1. The van der Waals surface area contributed by atoms with Crippen LogP contribution in [0.5, 0.6) is 0 Å². The number of thioether (sulfide) groups is 1. The fraction of sp³-hybridized carbons (Fsp3) is 0.806. The van der Waals surface area contributed by atoms with Gasteiger partial charge in [-0.15, -0.1) is 0 Å². The smallest absolute Gasteiger partial charge is 0.331 e. The highest BCUT2D eigenvalue weighted by Gasteiger charge is 2.28. The summed E-state index contributed by atoms with van der Waals surface area (Å²) in [6.07, 6.45) is 15.5. The Morgan fingerprint density at radius 2 is 1.25 bits per heavy atom. The lowest BCUT2D eigenvalue weighted by Crippen LogP contribution is -2.54. The van der Waals surface area contributed by atoms with Crippen molar-refractivity contribution in [3.05, 3.63) is 0 Å². The van der Waals surface area contributed by atoms with Crippen LogP contribution in [0.15, 0.2) is 0 Å². The first-order valence-corrected chi connectivity index (χ1v) is 17.0. The standard InChI is InChI=1S/C31H54N2O10S/c1-4-5-6-7-8-9-10-11-12-13-14-15-16-17-28(37)42-20-21-44-23-26(32-24(2)34)30(39)33-25(31(40)41-3)22-43-29(38)19-18-27(35)36/h25-26H,4-23H2,1-3H3,(H,32,34)(H,33,39)(H,35,36)/t25-,26-/m0/s1. The van der Waals surface area contributed by atoms with Gasteiger partial charge in [0.2, 0.25) is 11.8 Å². The fourth-order valence-electron chi connectivity index (χ4n) is 4.24. The average molecular weight is 647 g/mol. The molecule has 13 heteroatoms. The number of hydrogen-bond donors (Lipinski definition) is 3. The van der Waals surface area contributed by atoms with E-state index >= 15 is 0 Å². The van der Waals surface area contributed by atoms with Gasteiger partial charge in [-0.25, -0.2) is 4.79 Å². The van der Waals surface area contributed by atoms with Gasteiger partial charge in [0, 0.05) is 24.9 Å².